The van der Waals surface area contributed by atoms with Crippen LogP contribution in [0.3, 0.4) is 0 Å². The van der Waals surface area contributed by atoms with Gasteiger partial charge in [-0.05, 0) is 68.3 Å². The largest absolute Gasteiger partial charge is 0.352 e. The number of nitrogens with two attached hydrogens (primary N) is 1. The molecule has 1 saturated carbocycles. The van der Waals surface area contributed by atoms with Crippen LogP contribution in [0.2, 0.25) is 0 Å². The summed E-state index contributed by atoms with van der Waals surface area (Å²) in [6.45, 7) is 5.59. The van der Waals surface area contributed by atoms with Crippen molar-refractivity contribution in [3.8, 4) is 0 Å². The molecule has 1 aliphatic carbocycles. The van der Waals surface area contributed by atoms with Crippen LogP contribution in [0.1, 0.15) is 40.7 Å². The van der Waals surface area contributed by atoms with Crippen molar-refractivity contribution in [2.24, 2.45) is 17.6 Å². The third-order valence-corrected chi connectivity index (χ3v) is 4.41. The maximum Gasteiger partial charge on any atom is 0.251 e. The van der Waals surface area contributed by atoms with Gasteiger partial charge in [-0.25, -0.2) is 0 Å². The van der Waals surface area contributed by atoms with Gasteiger partial charge in [-0.15, -0.1) is 0 Å². The van der Waals surface area contributed by atoms with Crippen LogP contribution >= 0.6 is 0 Å². The molecule has 1 aliphatic rings. The molecule has 0 saturated heterocycles. The molecule has 2 atom stereocenters. The Morgan fingerprint density at radius 1 is 1.26 bits per heavy atom. The van der Waals surface area contributed by atoms with Crippen molar-refractivity contribution in [2.45, 2.75) is 33.1 Å². The summed E-state index contributed by atoms with van der Waals surface area (Å²) in [4.78, 5) is 12.1. The van der Waals surface area contributed by atoms with Gasteiger partial charge in [0.1, 0.15) is 0 Å². The number of amides is 1. The predicted octanol–water partition coefficient (Wildman–Crippen LogP) is 2.41. The van der Waals surface area contributed by atoms with Gasteiger partial charge in [0.25, 0.3) is 5.91 Å². The van der Waals surface area contributed by atoms with Crippen LogP contribution in [-0.2, 0) is 0 Å². The molecule has 0 heterocycles. The van der Waals surface area contributed by atoms with E-state index in [0.29, 0.717) is 11.8 Å². The lowest BCUT2D eigenvalue weighted by molar-refractivity contribution is 0.0944. The molecule has 19 heavy (non-hydrogen) atoms. The van der Waals surface area contributed by atoms with Crippen molar-refractivity contribution in [1.29, 1.82) is 0 Å². The summed E-state index contributed by atoms with van der Waals surface area (Å²) < 4.78 is 0. The van der Waals surface area contributed by atoms with E-state index in [2.05, 4.69) is 12.2 Å². The highest BCUT2D eigenvalue weighted by atomic mass is 16.1. The van der Waals surface area contributed by atoms with Crippen LogP contribution < -0.4 is 11.1 Å². The zero-order valence-corrected chi connectivity index (χ0v) is 11.9. The molecule has 0 spiro atoms. The fourth-order valence-corrected chi connectivity index (χ4v) is 2.90. The van der Waals surface area contributed by atoms with E-state index in [9.17, 15) is 4.79 Å². The van der Waals surface area contributed by atoms with E-state index in [-0.39, 0.29) is 5.91 Å². The number of hydrogen-bond donors (Lipinski definition) is 2. The Hall–Kier alpha value is -1.35. The maximum atomic E-state index is 12.1. The number of rotatable bonds is 4. The quantitative estimate of drug-likeness (QED) is 0.873. The maximum absolute atomic E-state index is 12.1. The minimum absolute atomic E-state index is 0.0331. The minimum atomic E-state index is 0.0331. The molecule has 0 bridgehead atoms. The van der Waals surface area contributed by atoms with Crippen molar-refractivity contribution in [3.05, 3.63) is 34.9 Å². The number of carbonyl (C=O) groups excluding carboxylic acids is 1. The zero-order valence-electron chi connectivity index (χ0n) is 11.9. The Balaban J connectivity index is 1.92. The molecule has 3 heteroatoms. The van der Waals surface area contributed by atoms with E-state index in [1.54, 1.807) is 0 Å². The average Bonchev–Trinajstić information content (AvgIpc) is 2.86. The third-order valence-electron chi connectivity index (χ3n) is 4.41. The average molecular weight is 260 g/mol. The highest BCUT2D eigenvalue weighted by molar-refractivity contribution is 5.94. The third kappa shape index (κ3) is 3.35. The summed E-state index contributed by atoms with van der Waals surface area (Å²) in [5.41, 5.74) is 8.90. The highest BCUT2D eigenvalue weighted by Gasteiger charge is 2.26. The first-order valence-electron chi connectivity index (χ1n) is 7.17. The molecule has 3 N–H and O–H groups in total. The van der Waals surface area contributed by atoms with Crippen LogP contribution in [-0.4, -0.2) is 19.0 Å². The lowest BCUT2D eigenvalue weighted by atomic mass is 9.96. The molecular formula is C16H24N2O. The summed E-state index contributed by atoms with van der Waals surface area (Å²) in [6, 6.07) is 5.86. The summed E-state index contributed by atoms with van der Waals surface area (Å²) in [5.74, 6) is 1.17. The Kier molecular flexibility index (Phi) is 4.59. The lowest BCUT2D eigenvalue weighted by Crippen LogP contribution is -2.32. The van der Waals surface area contributed by atoms with E-state index in [1.165, 1.54) is 24.8 Å². The molecule has 1 fully saturated rings. The van der Waals surface area contributed by atoms with E-state index in [1.807, 2.05) is 25.1 Å². The Morgan fingerprint density at radius 2 is 2.00 bits per heavy atom. The van der Waals surface area contributed by atoms with E-state index in [0.717, 1.165) is 24.2 Å². The number of benzene rings is 1. The monoisotopic (exact) mass is 260 g/mol. The molecule has 2 unspecified atom stereocenters. The van der Waals surface area contributed by atoms with Gasteiger partial charge in [0, 0.05) is 12.1 Å². The predicted molar refractivity (Wildman–Crippen MR) is 78.1 cm³/mol. The lowest BCUT2D eigenvalue weighted by Gasteiger charge is -2.18. The van der Waals surface area contributed by atoms with Gasteiger partial charge in [-0.1, -0.05) is 12.5 Å². The first-order chi connectivity index (χ1) is 9.11. The van der Waals surface area contributed by atoms with Gasteiger partial charge < -0.3 is 11.1 Å². The molecule has 1 aromatic rings. The first kappa shape index (κ1) is 14.1. The second kappa shape index (κ2) is 6.20. The van der Waals surface area contributed by atoms with Crippen molar-refractivity contribution >= 4 is 5.91 Å². The molecular weight excluding hydrogens is 236 g/mol. The van der Waals surface area contributed by atoms with Gasteiger partial charge in [0.15, 0.2) is 0 Å². The van der Waals surface area contributed by atoms with Crippen molar-refractivity contribution in [3.63, 3.8) is 0 Å². The van der Waals surface area contributed by atoms with Gasteiger partial charge in [-0.2, -0.15) is 0 Å². The summed E-state index contributed by atoms with van der Waals surface area (Å²) in [5, 5.41) is 3.06. The number of nitrogens with one attached hydrogen (secondary N) is 1. The Labute approximate surface area is 115 Å². The van der Waals surface area contributed by atoms with E-state index >= 15 is 0 Å². The fourth-order valence-electron chi connectivity index (χ4n) is 2.90. The van der Waals surface area contributed by atoms with Crippen LogP contribution in [0, 0.1) is 25.7 Å². The molecule has 0 radical (unpaired) electrons. The standard InChI is InChI=1S/C16H24N2O/c1-11-6-7-13(8-12(11)2)16(19)18-10-15-5-3-4-14(15)9-17/h6-8,14-15H,3-5,9-10,17H2,1-2H3,(H,18,19). The molecule has 3 nitrogen and oxygen atoms in total. The Morgan fingerprint density at radius 3 is 2.68 bits per heavy atom. The zero-order chi connectivity index (χ0) is 13.8. The van der Waals surface area contributed by atoms with Crippen LogP contribution in [0.4, 0.5) is 0 Å². The molecule has 104 valence electrons. The summed E-state index contributed by atoms with van der Waals surface area (Å²) in [7, 11) is 0. The second-order valence-corrected chi connectivity index (χ2v) is 5.70. The molecule has 0 aromatic heterocycles. The van der Waals surface area contributed by atoms with Crippen LogP contribution in [0.5, 0.6) is 0 Å². The number of carbonyl (C=O) groups is 1. The first-order valence-corrected chi connectivity index (χ1v) is 7.17. The second-order valence-electron chi connectivity index (χ2n) is 5.70. The smallest absolute Gasteiger partial charge is 0.251 e. The SMILES string of the molecule is Cc1ccc(C(=O)NCC2CCCC2CN)cc1C. The fraction of sp³-hybridized carbons (Fsp3) is 0.562. The molecule has 1 amide bonds. The van der Waals surface area contributed by atoms with Gasteiger partial charge in [-0.3, -0.25) is 4.79 Å². The minimum Gasteiger partial charge on any atom is -0.352 e. The summed E-state index contributed by atoms with van der Waals surface area (Å²) >= 11 is 0. The van der Waals surface area contributed by atoms with Crippen LogP contribution in [0.15, 0.2) is 18.2 Å². The van der Waals surface area contributed by atoms with Crippen molar-refractivity contribution < 1.29 is 4.79 Å². The van der Waals surface area contributed by atoms with Gasteiger partial charge in [0.05, 0.1) is 0 Å². The van der Waals surface area contributed by atoms with Gasteiger partial charge >= 0.3 is 0 Å². The van der Waals surface area contributed by atoms with E-state index in [4.69, 9.17) is 5.73 Å². The van der Waals surface area contributed by atoms with Gasteiger partial charge in [0.2, 0.25) is 0 Å². The summed E-state index contributed by atoms with van der Waals surface area (Å²) in [6.07, 6.45) is 3.64. The van der Waals surface area contributed by atoms with Crippen molar-refractivity contribution in [2.75, 3.05) is 13.1 Å². The number of aryl methyl sites for hydroxylation is 2. The molecule has 0 aliphatic heterocycles. The van der Waals surface area contributed by atoms with Crippen molar-refractivity contribution in [1.82, 2.24) is 5.32 Å². The Bertz CT molecular complexity index is 456. The molecule has 1 aromatic carbocycles. The molecule has 2 rings (SSSR count). The van der Waals surface area contributed by atoms with E-state index < -0.39 is 0 Å². The van der Waals surface area contributed by atoms with Crippen LogP contribution in [0.25, 0.3) is 0 Å². The highest BCUT2D eigenvalue weighted by Crippen LogP contribution is 2.30. The number of hydrogen-bond acceptors (Lipinski definition) is 2. The normalized spacial score (nSPS) is 22.5. The topological polar surface area (TPSA) is 55.1 Å².